The van der Waals surface area contributed by atoms with Gasteiger partial charge in [-0.05, 0) is 49.9 Å². The fourth-order valence-corrected chi connectivity index (χ4v) is 1.80. The van der Waals surface area contributed by atoms with Crippen LogP contribution in [0, 0.1) is 17.2 Å². The number of esters is 1. The molecule has 1 rings (SSSR count). The van der Waals surface area contributed by atoms with Crippen molar-refractivity contribution in [2.75, 3.05) is 0 Å². The molecule has 0 fully saturated rings. The van der Waals surface area contributed by atoms with Crippen LogP contribution in [-0.2, 0) is 4.74 Å². The summed E-state index contributed by atoms with van der Waals surface area (Å²) in [6.07, 6.45) is 3.04. The van der Waals surface area contributed by atoms with Gasteiger partial charge in [0.2, 0.25) is 0 Å². The number of hydrogen-bond acceptors (Lipinski definition) is 3. The van der Waals surface area contributed by atoms with E-state index in [4.69, 9.17) is 10.00 Å². The van der Waals surface area contributed by atoms with Gasteiger partial charge in [0, 0.05) is 0 Å². The number of nitrogens with zero attached hydrogens (tertiary/aromatic N) is 1. The molecule has 0 N–H and O–H groups in total. The first kappa shape index (κ1) is 15.2. The van der Waals surface area contributed by atoms with Crippen LogP contribution in [-0.4, -0.2) is 12.1 Å². The Morgan fingerprint density at radius 2 is 1.84 bits per heavy atom. The zero-order chi connectivity index (χ0) is 14.3. The highest BCUT2D eigenvalue weighted by molar-refractivity contribution is 5.89. The summed E-state index contributed by atoms with van der Waals surface area (Å²) < 4.78 is 5.37. The van der Waals surface area contributed by atoms with Gasteiger partial charge >= 0.3 is 5.97 Å². The van der Waals surface area contributed by atoms with Crippen LogP contribution in [0.2, 0.25) is 0 Å². The fourth-order valence-electron chi connectivity index (χ4n) is 1.80. The SMILES string of the molecule is CC(C)CCCC(C)OC(=O)c1ccc(C#N)cc1. The summed E-state index contributed by atoms with van der Waals surface area (Å²) in [5.74, 6) is 0.364. The molecular formula is C16H21NO2. The van der Waals surface area contributed by atoms with Crippen molar-refractivity contribution in [1.29, 1.82) is 5.26 Å². The van der Waals surface area contributed by atoms with Gasteiger partial charge in [0.25, 0.3) is 0 Å². The van der Waals surface area contributed by atoms with Gasteiger partial charge in [-0.25, -0.2) is 4.79 Å². The summed E-state index contributed by atoms with van der Waals surface area (Å²) in [5, 5.41) is 8.69. The van der Waals surface area contributed by atoms with Gasteiger partial charge in [-0.2, -0.15) is 5.26 Å². The molecule has 1 aromatic carbocycles. The van der Waals surface area contributed by atoms with Crippen LogP contribution >= 0.6 is 0 Å². The summed E-state index contributed by atoms with van der Waals surface area (Å²) in [6.45, 7) is 6.29. The molecule has 0 aliphatic rings. The molecule has 0 aliphatic carbocycles. The molecule has 0 radical (unpaired) electrons. The molecule has 0 spiro atoms. The first-order valence-corrected chi connectivity index (χ1v) is 6.74. The molecule has 0 aliphatic heterocycles. The Kier molecular flexibility index (Phi) is 6.08. The minimum atomic E-state index is -0.318. The van der Waals surface area contributed by atoms with E-state index < -0.39 is 0 Å². The van der Waals surface area contributed by atoms with E-state index in [0.29, 0.717) is 17.0 Å². The lowest BCUT2D eigenvalue weighted by Gasteiger charge is -2.13. The van der Waals surface area contributed by atoms with E-state index >= 15 is 0 Å². The average molecular weight is 259 g/mol. The molecule has 1 atom stereocenters. The van der Waals surface area contributed by atoms with Crippen molar-refractivity contribution in [3.05, 3.63) is 35.4 Å². The average Bonchev–Trinajstić information content (AvgIpc) is 2.38. The summed E-state index contributed by atoms with van der Waals surface area (Å²) in [7, 11) is 0. The summed E-state index contributed by atoms with van der Waals surface area (Å²) >= 11 is 0. The number of hydrogen-bond donors (Lipinski definition) is 0. The van der Waals surface area contributed by atoms with Crippen LogP contribution in [0.15, 0.2) is 24.3 Å². The van der Waals surface area contributed by atoms with Gasteiger partial charge < -0.3 is 4.74 Å². The summed E-state index contributed by atoms with van der Waals surface area (Å²) in [4.78, 5) is 11.8. The number of carbonyl (C=O) groups is 1. The Hall–Kier alpha value is -1.82. The zero-order valence-electron chi connectivity index (χ0n) is 11.8. The normalized spacial score (nSPS) is 11.9. The largest absolute Gasteiger partial charge is 0.459 e. The lowest BCUT2D eigenvalue weighted by atomic mass is 10.0. The molecule has 0 aromatic heterocycles. The molecule has 3 heteroatoms. The molecule has 0 saturated carbocycles. The predicted molar refractivity (Wildman–Crippen MR) is 74.7 cm³/mol. The predicted octanol–water partition coefficient (Wildman–Crippen LogP) is 3.93. The highest BCUT2D eigenvalue weighted by Gasteiger charge is 2.12. The molecule has 19 heavy (non-hydrogen) atoms. The molecule has 3 nitrogen and oxygen atoms in total. The van der Waals surface area contributed by atoms with Crippen LogP contribution in [0.5, 0.6) is 0 Å². The Morgan fingerprint density at radius 1 is 1.21 bits per heavy atom. The standard InChI is InChI=1S/C16H21NO2/c1-12(2)5-4-6-13(3)19-16(18)15-9-7-14(11-17)8-10-15/h7-10,12-13H,4-6H2,1-3H3. The molecule has 0 bridgehead atoms. The Morgan fingerprint density at radius 3 is 2.37 bits per heavy atom. The van der Waals surface area contributed by atoms with Gasteiger partial charge in [-0.3, -0.25) is 0 Å². The van der Waals surface area contributed by atoms with Crippen LogP contribution in [0.3, 0.4) is 0 Å². The van der Waals surface area contributed by atoms with E-state index in [1.54, 1.807) is 24.3 Å². The minimum absolute atomic E-state index is 0.0677. The maximum absolute atomic E-state index is 11.8. The first-order valence-electron chi connectivity index (χ1n) is 6.74. The molecule has 0 heterocycles. The highest BCUT2D eigenvalue weighted by Crippen LogP contribution is 2.12. The number of rotatable bonds is 6. The van der Waals surface area contributed by atoms with Crippen molar-refractivity contribution in [1.82, 2.24) is 0 Å². The molecular weight excluding hydrogens is 238 g/mol. The molecule has 102 valence electrons. The van der Waals surface area contributed by atoms with Gasteiger partial charge in [-0.1, -0.05) is 20.3 Å². The fraction of sp³-hybridized carbons (Fsp3) is 0.500. The van der Waals surface area contributed by atoms with Crippen molar-refractivity contribution in [3.8, 4) is 6.07 Å². The van der Waals surface area contributed by atoms with Crippen LogP contribution in [0.25, 0.3) is 0 Å². The lowest BCUT2D eigenvalue weighted by Crippen LogP contribution is -2.15. The smallest absolute Gasteiger partial charge is 0.338 e. The molecule has 0 saturated heterocycles. The van der Waals surface area contributed by atoms with E-state index in [1.807, 2.05) is 13.0 Å². The Bertz CT molecular complexity index is 443. The monoisotopic (exact) mass is 259 g/mol. The van der Waals surface area contributed by atoms with Crippen LogP contribution in [0.4, 0.5) is 0 Å². The summed E-state index contributed by atoms with van der Waals surface area (Å²) in [6, 6.07) is 8.52. The zero-order valence-corrected chi connectivity index (χ0v) is 11.8. The van der Waals surface area contributed by atoms with Crippen LogP contribution in [0.1, 0.15) is 56.0 Å². The van der Waals surface area contributed by atoms with E-state index in [1.165, 1.54) is 0 Å². The van der Waals surface area contributed by atoms with Crippen LogP contribution < -0.4 is 0 Å². The van der Waals surface area contributed by atoms with E-state index in [-0.39, 0.29) is 12.1 Å². The quantitative estimate of drug-likeness (QED) is 0.727. The van der Waals surface area contributed by atoms with Crippen molar-refractivity contribution < 1.29 is 9.53 Å². The maximum atomic E-state index is 11.8. The Labute approximate surface area is 115 Å². The lowest BCUT2D eigenvalue weighted by molar-refractivity contribution is 0.0318. The van der Waals surface area contributed by atoms with Crippen molar-refractivity contribution in [3.63, 3.8) is 0 Å². The number of nitriles is 1. The van der Waals surface area contributed by atoms with Gasteiger partial charge in [0.05, 0.1) is 23.3 Å². The second-order valence-electron chi connectivity index (χ2n) is 5.23. The van der Waals surface area contributed by atoms with E-state index in [9.17, 15) is 4.79 Å². The van der Waals surface area contributed by atoms with Crippen molar-refractivity contribution >= 4 is 5.97 Å². The topological polar surface area (TPSA) is 50.1 Å². The van der Waals surface area contributed by atoms with E-state index in [0.717, 1.165) is 19.3 Å². The second-order valence-corrected chi connectivity index (χ2v) is 5.23. The summed E-state index contributed by atoms with van der Waals surface area (Å²) in [5.41, 5.74) is 1.04. The Balaban J connectivity index is 2.43. The number of benzene rings is 1. The maximum Gasteiger partial charge on any atom is 0.338 e. The number of carbonyl (C=O) groups excluding carboxylic acids is 1. The van der Waals surface area contributed by atoms with Gasteiger partial charge in [0.1, 0.15) is 0 Å². The minimum Gasteiger partial charge on any atom is -0.459 e. The van der Waals surface area contributed by atoms with E-state index in [2.05, 4.69) is 13.8 Å². The molecule has 1 unspecified atom stereocenters. The van der Waals surface area contributed by atoms with Gasteiger partial charge in [0.15, 0.2) is 0 Å². The number of ether oxygens (including phenoxy) is 1. The molecule has 0 amide bonds. The molecule has 1 aromatic rings. The third-order valence-corrected chi connectivity index (χ3v) is 2.95. The third-order valence-electron chi connectivity index (χ3n) is 2.95. The second kappa shape index (κ2) is 7.58. The van der Waals surface area contributed by atoms with Crippen molar-refractivity contribution in [2.45, 2.75) is 46.1 Å². The van der Waals surface area contributed by atoms with Gasteiger partial charge in [-0.15, -0.1) is 0 Å². The first-order chi connectivity index (χ1) is 9.02. The highest BCUT2D eigenvalue weighted by atomic mass is 16.5. The van der Waals surface area contributed by atoms with Crippen molar-refractivity contribution in [2.24, 2.45) is 5.92 Å². The third kappa shape index (κ3) is 5.56.